The Kier molecular flexibility index (Phi) is 8.39. The van der Waals surface area contributed by atoms with Gasteiger partial charge in [0.2, 0.25) is 5.91 Å². The maximum absolute atomic E-state index is 13.5. The molecule has 190 valence electrons. The van der Waals surface area contributed by atoms with E-state index in [1.807, 2.05) is 24.1 Å². The number of aliphatic carboxylic acids is 1. The van der Waals surface area contributed by atoms with Crippen molar-refractivity contribution >= 4 is 40.8 Å². The van der Waals surface area contributed by atoms with E-state index in [1.54, 1.807) is 12.1 Å². The van der Waals surface area contributed by atoms with Crippen molar-refractivity contribution in [2.24, 2.45) is 0 Å². The Morgan fingerprint density at radius 1 is 1.14 bits per heavy atom. The van der Waals surface area contributed by atoms with Crippen LogP contribution in [-0.4, -0.2) is 53.0 Å². The lowest BCUT2D eigenvalue weighted by atomic mass is 9.82. The number of benzene rings is 2. The number of fused-ring (bicyclic) bond motifs is 1. The Morgan fingerprint density at radius 3 is 2.58 bits per heavy atom. The summed E-state index contributed by atoms with van der Waals surface area (Å²) in [7, 11) is 1.89. The van der Waals surface area contributed by atoms with Crippen LogP contribution >= 0.6 is 23.2 Å². The lowest BCUT2D eigenvalue weighted by molar-refractivity contribution is -0.133. The number of allylic oxidation sites excluding steroid dienone is 1. The fourth-order valence-corrected chi connectivity index (χ4v) is 5.59. The summed E-state index contributed by atoms with van der Waals surface area (Å²) in [5.41, 5.74) is 4.45. The zero-order valence-electron chi connectivity index (χ0n) is 20.3. The zero-order valence-corrected chi connectivity index (χ0v) is 21.9. The van der Waals surface area contributed by atoms with E-state index in [-0.39, 0.29) is 24.4 Å². The van der Waals surface area contributed by atoms with E-state index in [0.29, 0.717) is 15.7 Å². The van der Waals surface area contributed by atoms with Gasteiger partial charge in [-0.2, -0.15) is 0 Å². The highest BCUT2D eigenvalue weighted by Gasteiger charge is 2.38. The van der Waals surface area contributed by atoms with Crippen LogP contribution in [0.5, 0.6) is 0 Å². The lowest BCUT2D eigenvalue weighted by Crippen LogP contribution is -2.48. The van der Waals surface area contributed by atoms with Crippen molar-refractivity contribution in [3.8, 4) is 0 Å². The number of carbonyl (C=O) groups is 2. The summed E-state index contributed by atoms with van der Waals surface area (Å²) in [6.45, 7) is 5.98. The van der Waals surface area contributed by atoms with Crippen molar-refractivity contribution in [2.75, 3.05) is 25.5 Å². The molecule has 1 fully saturated rings. The van der Waals surface area contributed by atoms with Gasteiger partial charge in [0.1, 0.15) is 0 Å². The monoisotopic (exact) mass is 527 g/mol. The Labute approximate surface area is 222 Å². The maximum Gasteiger partial charge on any atom is 0.328 e. The SMILES string of the molecule is C=C(/C=C\C(=O)O)Nc1ccc2c(c1)C(N(C)C(=O)Cc1ccc(Cl)c(Cl)c1)C(N1CCCC1)CC2. The average molecular weight is 528 g/mol. The van der Waals surface area contributed by atoms with Crippen molar-refractivity contribution in [2.45, 2.75) is 44.2 Å². The molecule has 0 spiro atoms. The van der Waals surface area contributed by atoms with E-state index >= 15 is 0 Å². The highest BCUT2D eigenvalue weighted by atomic mass is 35.5. The van der Waals surface area contributed by atoms with Crippen LogP contribution in [0.15, 0.2) is 60.8 Å². The molecule has 0 aromatic heterocycles. The van der Waals surface area contributed by atoms with Crippen molar-refractivity contribution in [1.82, 2.24) is 9.80 Å². The summed E-state index contributed by atoms with van der Waals surface area (Å²) in [6.07, 6.45) is 7.00. The molecule has 0 radical (unpaired) electrons. The molecular formula is C28H31Cl2N3O3. The van der Waals surface area contributed by atoms with E-state index in [9.17, 15) is 9.59 Å². The third-order valence-electron chi connectivity index (χ3n) is 7.03. The van der Waals surface area contributed by atoms with E-state index < -0.39 is 5.97 Å². The highest BCUT2D eigenvalue weighted by molar-refractivity contribution is 6.42. The standard InChI is InChI=1S/C28H31Cl2N3O3/c1-18(5-12-27(35)36)31-21-9-7-20-8-11-25(33-13-3-4-14-33)28(22(20)17-21)32(2)26(34)16-19-6-10-23(29)24(30)15-19/h5-7,9-10,12,15,17,25,28,31H,1,3-4,8,11,13-14,16H2,2H3,(H,35,36)/b12-5-. The molecule has 1 heterocycles. The molecule has 2 aliphatic rings. The number of hydrogen-bond donors (Lipinski definition) is 2. The first-order chi connectivity index (χ1) is 17.2. The summed E-state index contributed by atoms with van der Waals surface area (Å²) < 4.78 is 0. The van der Waals surface area contributed by atoms with Crippen LogP contribution in [0, 0.1) is 0 Å². The predicted molar refractivity (Wildman–Crippen MR) is 145 cm³/mol. The normalized spacial score (nSPS) is 19.8. The van der Waals surface area contributed by atoms with Gasteiger partial charge >= 0.3 is 5.97 Å². The fraction of sp³-hybridized carbons (Fsp3) is 0.357. The quantitative estimate of drug-likeness (QED) is 0.339. The minimum absolute atomic E-state index is 0.0163. The van der Waals surface area contributed by atoms with Crippen molar-refractivity contribution < 1.29 is 14.7 Å². The maximum atomic E-state index is 13.5. The van der Waals surface area contributed by atoms with Gasteiger partial charge in [-0.05, 0) is 85.8 Å². The number of carbonyl (C=O) groups excluding carboxylic acids is 1. The van der Waals surface area contributed by atoms with Crippen molar-refractivity contribution in [1.29, 1.82) is 0 Å². The van der Waals surface area contributed by atoms with Gasteiger partial charge < -0.3 is 15.3 Å². The summed E-state index contributed by atoms with van der Waals surface area (Å²) in [6, 6.07) is 11.6. The molecule has 36 heavy (non-hydrogen) atoms. The molecule has 0 saturated carbocycles. The van der Waals surface area contributed by atoms with E-state index in [2.05, 4.69) is 28.9 Å². The fourth-order valence-electron chi connectivity index (χ4n) is 5.27. The van der Waals surface area contributed by atoms with Gasteiger partial charge in [0, 0.05) is 30.5 Å². The molecule has 4 rings (SSSR count). The minimum Gasteiger partial charge on any atom is -0.478 e. The smallest absolute Gasteiger partial charge is 0.328 e. The van der Waals surface area contributed by atoms with E-state index in [0.717, 1.165) is 48.8 Å². The first-order valence-corrected chi connectivity index (χ1v) is 12.9. The second-order valence-electron chi connectivity index (χ2n) is 9.46. The van der Waals surface area contributed by atoms with Crippen molar-refractivity contribution in [3.63, 3.8) is 0 Å². The molecule has 8 heteroatoms. The van der Waals surface area contributed by atoms with Crippen LogP contribution in [0.2, 0.25) is 10.0 Å². The average Bonchev–Trinajstić information content (AvgIpc) is 3.38. The highest BCUT2D eigenvalue weighted by Crippen LogP contribution is 2.39. The van der Waals surface area contributed by atoms with Crippen molar-refractivity contribution in [3.05, 3.63) is 87.6 Å². The first-order valence-electron chi connectivity index (χ1n) is 12.2. The van der Waals surface area contributed by atoms with Crippen LogP contribution in [0.4, 0.5) is 5.69 Å². The molecule has 0 bridgehead atoms. The number of likely N-dealkylation sites (N-methyl/N-ethyl adjacent to an activating group) is 1. The molecule has 6 nitrogen and oxygen atoms in total. The zero-order chi connectivity index (χ0) is 25.8. The number of amides is 1. The number of carboxylic acid groups (broad SMARTS) is 1. The number of nitrogens with zero attached hydrogens (tertiary/aromatic N) is 2. The molecule has 2 atom stereocenters. The number of anilines is 1. The number of rotatable bonds is 8. The van der Waals surface area contributed by atoms with Gasteiger partial charge in [-0.25, -0.2) is 4.79 Å². The van der Waals surface area contributed by atoms with Gasteiger partial charge in [0.05, 0.1) is 22.5 Å². The van der Waals surface area contributed by atoms with E-state index in [1.165, 1.54) is 24.5 Å². The van der Waals surface area contributed by atoms with Crippen LogP contribution in [-0.2, 0) is 22.4 Å². The third-order valence-corrected chi connectivity index (χ3v) is 7.77. The number of likely N-dealkylation sites (tertiary alicyclic amines) is 1. The second kappa shape index (κ2) is 11.5. The molecule has 1 amide bonds. The first kappa shape index (κ1) is 26.3. The van der Waals surface area contributed by atoms with Crippen LogP contribution in [0.3, 0.4) is 0 Å². The molecule has 2 aromatic rings. The van der Waals surface area contributed by atoms with Gasteiger partial charge in [-0.15, -0.1) is 0 Å². The number of hydrogen-bond acceptors (Lipinski definition) is 4. The Balaban J connectivity index is 1.63. The van der Waals surface area contributed by atoms with Crippen LogP contribution < -0.4 is 5.32 Å². The summed E-state index contributed by atoms with van der Waals surface area (Å²) in [5, 5.41) is 13.0. The number of carboxylic acids is 1. The topological polar surface area (TPSA) is 72.9 Å². The summed E-state index contributed by atoms with van der Waals surface area (Å²) in [5.74, 6) is -1.01. The number of aryl methyl sites for hydroxylation is 1. The third kappa shape index (κ3) is 6.12. The van der Waals surface area contributed by atoms with E-state index in [4.69, 9.17) is 28.3 Å². The van der Waals surface area contributed by atoms with Crippen LogP contribution in [0.25, 0.3) is 0 Å². The largest absolute Gasteiger partial charge is 0.478 e. The molecule has 1 aliphatic carbocycles. The molecule has 1 saturated heterocycles. The molecule has 2 aromatic carbocycles. The molecule has 2 N–H and O–H groups in total. The molecule has 1 aliphatic heterocycles. The Morgan fingerprint density at radius 2 is 1.89 bits per heavy atom. The Bertz CT molecular complexity index is 1190. The van der Waals surface area contributed by atoms with Gasteiger partial charge in [-0.3, -0.25) is 9.69 Å². The summed E-state index contributed by atoms with van der Waals surface area (Å²) >= 11 is 12.2. The number of nitrogens with one attached hydrogen (secondary N) is 1. The predicted octanol–water partition coefficient (Wildman–Crippen LogP) is 5.71. The minimum atomic E-state index is -1.03. The summed E-state index contributed by atoms with van der Waals surface area (Å²) in [4.78, 5) is 28.8. The molecule has 2 unspecified atom stereocenters. The molecular weight excluding hydrogens is 497 g/mol. The Hall–Kier alpha value is -2.80. The number of halogens is 2. The second-order valence-corrected chi connectivity index (χ2v) is 10.3. The lowest BCUT2D eigenvalue weighted by Gasteiger charge is -2.43. The van der Waals surface area contributed by atoms with Crippen LogP contribution in [0.1, 0.15) is 42.0 Å². The van der Waals surface area contributed by atoms with Gasteiger partial charge in [0.25, 0.3) is 0 Å². The van der Waals surface area contributed by atoms with Gasteiger partial charge in [0.15, 0.2) is 0 Å². The van der Waals surface area contributed by atoms with Gasteiger partial charge in [-0.1, -0.05) is 41.9 Å².